The Balaban J connectivity index is 1.70. The predicted octanol–water partition coefficient (Wildman–Crippen LogP) is 5.91. The van der Waals surface area contributed by atoms with Crippen molar-refractivity contribution in [2.24, 2.45) is 23.7 Å². The SMILES string of the molecule is C=C=CC1CCC(C2CCC(CCC=C)CC2)CC1. The zero-order valence-corrected chi connectivity index (χ0v) is 12.4. The van der Waals surface area contributed by atoms with E-state index >= 15 is 0 Å². The minimum absolute atomic E-state index is 0.776. The van der Waals surface area contributed by atoms with Crippen LogP contribution in [0.5, 0.6) is 0 Å². The van der Waals surface area contributed by atoms with Gasteiger partial charge in [-0.25, -0.2) is 0 Å². The van der Waals surface area contributed by atoms with E-state index in [9.17, 15) is 0 Å². The van der Waals surface area contributed by atoms with E-state index in [1.807, 2.05) is 0 Å². The molecule has 0 aromatic carbocycles. The molecular formula is C19H30. The Bertz CT molecular complexity index is 305. The Morgan fingerprint density at radius 1 is 0.895 bits per heavy atom. The molecule has 0 heteroatoms. The molecule has 0 aliphatic heterocycles. The highest BCUT2D eigenvalue weighted by Gasteiger charge is 2.29. The van der Waals surface area contributed by atoms with Crippen molar-refractivity contribution < 1.29 is 0 Å². The quantitative estimate of drug-likeness (QED) is 0.425. The number of hydrogen-bond donors (Lipinski definition) is 0. The van der Waals surface area contributed by atoms with Crippen molar-refractivity contribution in [2.45, 2.75) is 64.2 Å². The summed E-state index contributed by atoms with van der Waals surface area (Å²) >= 11 is 0. The number of rotatable bonds is 5. The summed E-state index contributed by atoms with van der Waals surface area (Å²) in [4.78, 5) is 0. The van der Waals surface area contributed by atoms with Gasteiger partial charge in [0.1, 0.15) is 0 Å². The zero-order valence-electron chi connectivity index (χ0n) is 12.4. The minimum atomic E-state index is 0.776. The highest BCUT2D eigenvalue weighted by Crippen LogP contribution is 2.42. The molecule has 2 fully saturated rings. The predicted molar refractivity (Wildman–Crippen MR) is 84.0 cm³/mol. The van der Waals surface area contributed by atoms with Gasteiger partial charge in [0, 0.05) is 0 Å². The van der Waals surface area contributed by atoms with E-state index in [1.54, 1.807) is 0 Å². The fourth-order valence-corrected chi connectivity index (χ4v) is 4.25. The highest BCUT2D eigenvalue weighted by molar-refractivity contribution is 4.90. The molecule has 2 aliphatic carbocycles. The fourth-order valence-electron chi connectivity index (χ4n) is 4.25. The lowest BCUT2D eigenvalue weighted by atomic mass is 9.69. The van der Waals surface area contributed by atoms with Crippen LogP contribution in [0.2, 0.25) is 0 Å². The maximum absolute atomic E-state index is 3.84. The highest BCUT2D eigenvalue weighted by atomic mass is 14.3. The van der Waals surface area contributed by atoms with Gasteiger partial charge in [-0.2, -0.15) is 0 Å². The normalized spacial score (nSPS) is 35.4. The van der Waals surface area contributed by atoms with Gasteiger partial charge in [-0.15, -0.1) is 12.3 Å². The topological polar surface area (TPSA) is 0 Å². The molecule has 0 nitrogen and oxygen atoms in total. The lowest BCUT2D eigenvalue weighted by Crippen LogP contribution is -2.25. The first kappa shape index (κ1) is 14.7. The standard InChI is InChI=1S/C19H30/c1-3-5-7-17-10-14-19(15-11-17)18-12-8-16(6-4-2)9-13-18/h3,6,16-19H,1-2,5,7-15H2. The van der Waals surface area contributed by atoms with E-state index in [2.05, 4.69) is 31.0 Å². The van der Waals surface area contributed by atoms with Crippen LogP contribution in [0, 0.1) is 23.7 Å². The minimum Gasteiger partial charge on any atom is -0.133 e. The molecule has 0 N–H and O–H groups in total. The van der Waals surface area contributed by atoms with Crippen LogP contribution in [0.1, 0.15) is 64.2 Å². The van der Waals surface area contributed by atoms with Gasteiger partial charge in [0.2, 0.25) is 0 Å². The lowest BCUT2D eigenvalue weighted by molar-refractivity contribution is 0.153. The second-order valence-electron chi connectivity index (χ2n) is 6.69. The van der Waals surface area contributed by atoms with E-state index in [0.717, 1.165) is 23.7 Å². The largest absolute Gasteiger partial charge is 0.133 e. The number of hydrogen-bond acceptors (Lipinski definition) is 0. The first-order valence-electron chi connectivity index (χ1n) is 8.30. The van der Waals surface area contributed by atoms with Crippen molar-refractivity contribution >= 4 is 0 Å². The summed E-state index contributed by atoms with van der Waals surface area (Å²) in [7, 11) is 0. The Morgan fingerprint density at radius 3 is 2.00 bits per heavy atom. The van der Waals surface area contributed by atoms with Crippen LogP contribution in [0.4, 0.5) is 0 Å². The third kappa shape index (κ3) is 4.39. The first-order valence-corrected chi connectivity index (χ1v) is 8.30. The summed E-state index contributed by atoms with van der Waals surface area (Å²) < 4.78 is 0. The van der Waals surface area contributed by atoms with Gasteiger partial charge in [-0.3, -0.25) is 0 Å². The molecule has 0 bridgehead atoms. The Morgan fingerprint density at radius 2 is 1.47 bits per heavy atom. The molecule has 19 heavy (non-hydrogen) atoms. The summed E-state index contributed by atoms with van der Waals surface area (Å²) in [5.74, 6) is 3.83. The van der Waals surface area contributed by atoms with Crippen molar-refractivity contribution in [3.63, 3.8) is 0 Å². The first-order chi connectivity index (χ1) is 9.33. The van der Waals surface area contributed by atoms with Gasteiger partial charge in [-0.1, -0.05) is 25.5 Å². The maximum atomic E-state index is 3.84. The zero-order chi connectivity index (χ0) is 13.5. The van der Waals surface area contributed by atoms with E-state index in [4.69, 9.17) is 0 Å². The van der Waals surface area contributed by atoms with E-state index in [-0.39, 0.29) is 0 Å². The van der Waals surface area contributed by atoms with Crippen molar-refractivity contribution in [2.75, 3.05) is 0 Å². The summed E-state index contributed by atoms with van der Waals surface area (Å²) in [6.45, 7) is 7.55. The van der Waals surface area contributed by atoms with Crippen LogP contribution in [-0.4, -0.2) is 0 Å². The fraction of sp³-hybridized carbons (Fsp3) is 0.737. The van der Waals surface area contributed by atoms with Gasteiger partial charge in [-0.05, 0) is 81.1 Å². The lowest BCUT2D eigenvalue weighted by Gasteiger charge is -2.37. The average molecular weight is 258 g/mol. The van der Waals surface area contributed by atoms with Crippen LogP contribution < -0.4 is 0 Å². The monoisotopic (exact) mass is 258 g/mol. The average Bonchev–Trinajstić information content (AvgIpc) is 2.47. The molecule has 0 radical (unpaired) electrons. The molecule has 0 spiro atoms. The molecule has 0 atom stereocenters. The smallest absolute Gasteiger partial charge is 0.0157 e. The summed E-state index contributed by atoms with van der Waals surface area (Å²) in [5.41, 5.74) is 2.97. The van der Waals surface area contributed by atoms with Gasteiger partial charge in [0.05, 0.1) is 0 Å². The Labute approximate surface area is 119 Å². The Hall–Kier alpha value is -0.740. The molecule has 0 saturated heterocycles. The molecule has 0 unspecified atom stereocenters. The second-order valence-corrected chi connectivity index (χ2v) is 6.69. The third-order valence-corrected chi connectivity index (χ3v) is 5.51. The van der Waals surface area contributed by atoms with Crippen molar-refractivity contribution in [1.29, 1.82) is 0 Å². The van der Waals surface area contributed by atoms with Crippen LogP contribution in [0.25, 0.3) is 0 Å². The molecule has 2 saturated carbocycles. The molecule has 0 aromatic heterocycles. The van der Waals surface area contributed by atoms with Gasteiger partial charge < -0.3 is 0 Å². The van der Waals surface area contributed by atoms with E-state index < -0.39 is 0 Å². The summed E-state index contributed by atoms with van der Waals surface area (Å²) in [5, 5.41) is 0. The number of allylic oxidation sites excluding steroid dienone is 2. The Kier molecular flexibility index (Phi) is 5.98. The third-order valence-electron chi connectivity index (χ3n) is 5.51. The summed E-state index contributed by atoms with van der Waals surface area (Å²) in [6, 6.07) is 0. The van der Waals surface area contributed by atoms with Gasteiger partial charge in [0.15, 0.2) is 0 Å². The molecule has 106 valence electrons. The molecular weight excluding hydrogens is 228 g/mol. The van der Waals surface area contributed by atoms with Crippen LogP contribution in [0.15, 0.2) is 31.0 Å². The van der Waals surface area contributed by atoms with E-state index in [0.29, 0.717) is 0 Å². The second kappa shape index (κ2) is 7.75. The van der Waals surface area contributed by atoms with Crippen LogP contribution in [0.3, 0.4) is 0 Å². The molecule has 0 aromatic rings. The van der Waals surface area contributed by atoms with Gasteiger partial charge in [0.25, 0.3) is 0 Å². The van der Waals surface area contributed by atoms with Gasteiger partial charge >= 0.3 is 0 Å². The van der Waals surface area contributed by atoms with Crippen LogP contribution >= 0.6 is 0 Å². The van der Waals surface area contributed by atoms with Crippen LogP contribution in [-0.2, 0) is 0 Å². The maximum Gasteiger partial charge on any atom is -0.0157 e. The van der Waals surface area contributed by atoms with Crippen molar-refractivity contribution in [3.8, 4) is 0 Å². The van der Waals surface area contributed by atoms with Crippen molar-refractivity contribution in [1.82, 2.24) is 0 Å². The van der Waals surface area contributed by atoms with Crippen molar-refractivity contribution in [3.05, 3.63) is 31.0 Å². The molecule has 2 rings (SSSR count). The van der Waals surface area contributed by atoms with E-state index in [1.165, 1.54) is 64.2 Å². The molecule has 0 amide bonds. The summed E-state index contributed by atoms with van der Waals surface area (Å²) in [6.07, 6.45) is 18.5. The molecule has 2 aliphatic rings. The molecule has 0 heterocycles.